The summed E-state index contributed by atoms with van der Waals surface area (Å²) in [5.41, 5.74) is 1.58. The largest absolute Gasteiger partial charge is 0.338 e. The van der Waals surface area contributed by atoms with Crippen LogP contribution in [0, 0.1) is 11.7 Å². The predicted molar refractivity (Wildman–Crippen MR) is 115 cm³/mol. The third kappa shape index (κ3) is 3.78. The number of pyridine rings is 1. The minimum atomic E-state index is -0.356. The van der Waals surface area contributed by atoms with Crippen LogP contribution in [0.25, 0.3) is 5.65 Å². The van der Waals surface area contributed by atoms with Crippen LogP contribution in [-0.4, -0.2) is 56.7 Å². The Morgan fingerprint density at radius 1 is 1.00 bits per heavy atom. The van der Waals surface area contributed by atoms with Crippen LogP contribution < -0.4 is 0 Å². The number of likely N-dealkylation sites (tertiary alicyclic amines) is 2. The highest BCUT2D eigenvalue weighted by Gasteiger charge is 2.40. The van der Waals surface area contributed by atoms with Gasteiger partial charge in [-0.15, -0.1) is 0 Å². The third-order valence-corrected chi connectivity index (χ3v) is 6.56. The molecule has 6 nitrogen and oxygen atoms in total. The first-order valence-electron chi connectivity index (χ1n) is 10.5. The second-order valence-electron chi connectivity index (χ2n) is 8.25. The van der Waals surface area contributed by atoms with Gasteiger partial charge >= 0.3 is 0 Å². The Hall–Kier alpha value is -2.93. The molecule has 1 aromatic carbocycles. The number of carbonyl (C=O) groups is 2. The number of hydrogen-bond acceptors (Lipinski definition) is 3. The SMILES string of the molecule is O=C(c1ccc(F)cc1)N1CC[C@H]2[C@H](CCCN2C(=O)c2cn3cc(Cl)ccc3n2)C1. The lowest BCUT2D eigenvalue weighted by Crippen LogP contribution is -2.56. The number of amides is 2. The molecule has 2 aliphatic heterocycles. The average molecular weight is 441 g/mol. The number of nitrogens with zero attached hydrogens (tertiary/aromatic N) is 4. The summed E-state index contributed by atoms with van der Waals surface area (Å²) >= 11 is 6.04. The smallest absolute Gasteiger partial charge is 0.274 e. The number of hydrogen-bond donors (Lipinski definition) is 0. The van der Waals surface area contributed by atoms with Gasteiger partial charge in [0, 0.05) is 43.6 Å². The molecule has 2 atom stereocenters. The van der Waals surface area contributed by atoms with Gasteiger partial charge in [0.1, 0.15) is 17.2 Å². The number of rotatable bonds is 2. The molecule has 2 saturated heterocycles. The van der Waals surface area contributed by atoms with E-state index in [1.165, 1.54) is 24.3 Å². The van der Waals surface area contributed by atoms with Crippen LogP contribution in [0.15, 0.2) is 48.8 Å². The van der Waals surface area contributed by atoms with Crippen LogP contribution in [0.2, 0.25) is 5.02 Å². The normalized spacial score (nSPS) is 21.2. The molecule has 2 fully saturated rings. The molecule has 8 heteroatoms. The van der Waals surface area contributed by atoms with Crippen LogP contribution in [0.3, 0.4) is 0 Å². The zero-order valence-corrected chi connectivity index (χ0v) is 17.6. The van der Waals surface area contributed by atoms with E-state index in [1.807, 2.05) is 9.80 Å². The molecular weight excluding hydrogens is 419 g/mol. The van der Waals surface area contributed by atoms with Crippen molar-refractivity contribution in [3.63, 3.8) is 0 Å². The maximum atomic E-state index is 13.3. The van der Waals surface area contributed by atoms with Crippen molar-refractivity contribution in [2.45, 2.75) is 25.3 Å². The second-order valence-corrected chi connectivity index (χ2v) is 8.69. The zero-order chi connectivity index (χ0) is 21.5. The summed E-state index contributed by atoms with van der Waals surface area (Å²) in [6, 6.07) is 9.30. The lowest BCUT2D eigenvalue weighted by Gasteiger charge is -2.47. The molecule has 0 bridgehead atoms. The molecule has 2 aromatic heterocycles. The molecule has 3 aromatic rings. The maximum absolute atomic E-state index is 13.3. The van der Waals surface area contributed by atoms with Crippen LogP contribution in [0.1, 0.15) is 40.1 Å². The van der Waals surface area contributed by atoms with Gasteiger partial charge in [-0.3, -0.25) is 9.59 Å². The van der Waals surface area contributed by atoms with E-state index in [0.717, 1.165) is 19.3 Å². The van der Waals surface area contributed by atoms with Crippen molar-refractivity contribution >= 4 is 29.1 Å². The van der Waals surface area contributed by atoms with Gasteiger partial charge in [0.25, 0.3) is 11.8 Å². The summed E-state index contributed by atoms with van der Waals surface area (Å²) < 4.78 is 14.9. The molecule has 0 aliphatic carbocycles. The highest BCUT2D eigenvalue weighted by molar-refractivity contribution is 6.30. The van der Waals surface area contributed by atoms with E-state index in [9.17, 15) is 14.0 Å². The van der Waals surface area contributed by atoms with Gasteiger partial charge in [0.05, 0.1) is 5.02 Å². The summed E-state index contributed by atoms with van der Waals surface area (Å²) in [6.07, 6.45) is 6.05. The Balaban J connectivity index is 1.32. The minimum absolute atomic E-state index is 0.0761. The maximum Gasteiger partial charge on any atom is 0.274 e. The number of imidazole rings is 1. The molecule has 31 heavy (non-hydrogen) atoms. The van der Waals surface area contributed by atoms with Crippen molar-refractivity contribution in [3.8, 4) is 0 Å². The molecule has 0 unspecified atom stereocenters. The fraction of sp³-hybridized carbons (Fsp3) is 0.348. The quantitative estimate of drug-likeness (QED) is 0.607. The van der Waals surface area contributed by atoms with Crippen LogP contribution in [0.4, 0.5) is 4.39 Å². The van der Waals surface area contributed by atoms with Gasteiger partial charge in [-0.25, -0.2) is 9.37 Å². The van der Waals surface area contributed by atoms with E-state index in [0.29, 0.717) is 41.6 Å². The first kappa shape index (κ1) is 20.0. The molecule has 0 N–H and O–H groups in total. The fourth-order valence-corrected chi connectivity index (χ4v) is 5.00. The fourth-order valence-electron chi connectivity index (χ4n) is 4.83. The van der Waals surface area contributed by atoms with Crippen molar-refractivity contribution in [2.24, 2.45) is 5.92 Å². The number of aromatic nitrogens is 2. The summed E-state index contributed by atoms with van der Waals surface area (Å²) in [5, 5.41) is 0.583. The van der Waals surface area contributed by atoms with E-state index in [2.05, 4.69) is 4.98 Å². The van der Waals surface area contributed by atoms with Crippen molar-refractivity contribution in [2.75, 3.05) is 19.6 Å². The summed E-state index contributed by atoms with van der Waals surface area (Å²) in [5.74, 6) is -0.291. The molecule has 2 amide bonds. The molecular formula is C23H22ClFN4O2. The lowest BCUT2D eigenvalue weighted by molar-refractivity contribution is 0.0194. The number of fused-ring (bicyclic) bond motifs is 2. The first-order chi connectivity index (χ1) is 15.0. The van der Waals surface area contributed by atoms with Gasteiger partial charge in [-0.2, -0.15) is 0 Å². The molecule has 160 valence electrons. The van der Waals surface area contributed by atoms with Crippen molar-refractivity contribution in [3.05, 3.63) is 70.9 Å². The Kier molecular flexibility index (Phi) is 5.14. The van der Waals surface area contributed by atoms with E-state index < -0.39 is 0 Å². The monoisotopic (exact) mass is 440 g/mol. The molecule has 0 spiro atoms. The third-order valence-electron chi connectivity index (χ3n) is 6.34. The molecule has 4 heterocycles. The van der Waals surface area contributed by atoms with Gasteiger partial charge in [0.15, 0.2) is 0 Å². The highest BCUT2D eigenvalue weighted by Crippen LogP contribution is 2.32. The van der Waals surface area contributed by atoms with Gasteiger partial charge in [0.2, 0.25) is 0 Å². The Labute approximate surface area is 184 Å². The van der Waals surface area contributed by atoms with Gasteiger partial charge in [-0.1, -0.05) is 11.6 Å². The highest BCUT2D eigenvalue weighted by atomic mass is 35.5. The van der Waals surface area contributed by atoms with Crippen LogP contribution in [0.5, 0.6) is 0 Å². The van der Waals surface area contributed by atoms with Gasteiger partial charge < -0.3 is 14.2 Å². The number of carbonyl (C=O) groups excluding carboxylic acids is 2. The van der Waals surface area contributed by atoms with E-state index in [1.54, 1.807) is 28.9 Å². The number of piperidine rings is 2. The molecule has 0 radical (unpaired) electrons. The minimum Gasteiger partial charge on any atom is -0.338 e. The number of halogens is 2. The number of benzene rings is 1. The Morgan fingerprint density at radius 2 is 1.81 bits per heavy atom. The van der Waals surface area contributed by atoms with E-state index >= 15 is 0 Å². The predicted octanol–water partition coefficient (Wildman–Crippen LogP) is 3.89. The first-order valence-corrected chi connectivity index (χ1v) is 10.9. The second kappa shape index (κ2) is 7.96. The van der Waals surface area contributed by atoms with Crippen molar-refractivity contribution in [1.29, 1.82) is 0 Å². The van der Waals surface area contributed by atoms with E-state index in [-0.39, 0.29) is 29.6 Å². The summed E-state index contributed by atoms with van der Waals surface area (Å²) in [6.45, 7) is 1.87. The lowest BCUT2D eigenvalue weighted by atomic mass is 9.83. The molecule has 2 aliphatic rings. The van der Waals surface area contributed by atoms with E-state index in [4.69, 9.17) is 11.6 Å². The van der Waals surface area contributed by atoms with Crippen LogP contribution in [-0.2, 0) is 0 Å². The zero-order valence-electron chi connectivity index (χ0n) is 16.9. The van der Waals surface area contributed by atoms with Crippen molar-refractivity contribution in [1.82, 2.24) is 19.2 Å². The van der Waals surface area contributed by atoms with Crippen LogP contribution >= 0.6 is 11.6 Å². The Morgan fingerprint density at radius 3 is 2.61 bits per heavy atom. The topological polar surface area (TPSA) is 57.9 Å². The van der Waals surface area contributed by atoms with Crippen molar-refractivity contribution < 1.29 is 14.0 Å². The standard InChI is InChI=1S/C23H22ClFN4O2/c24-17-5-8-21-26-19(14-28(21)13-17)23(31)29-10-1-2-16-12-27(11-9-20(16)29)22(30)15-3-6-18(25)7-4-15/h3-8,13-14,16,20H,1-2,9-12H2/t16-,20+/m1/s1. The van der Waals surface area contributed by atoms with Gasteiger partial charge in [-0.05, 0) is 61.6 Å². The Bertz CT molecular complexity index is 1150. The summed E-state index contributed by atoms with van der Waals surface area (Å²) in [4.78, 5) is 34.4. The average Bonchev–Trinajstić information content (AvgIpc) is 3.21. The molecule has 0 saturated carbocycles. The molecule has 5 rings (SSSR count). The summed E-state index contributed by atoms with van der Waals surface area (Å²) in [7, 11) is 0.